The van der Waals surface area contributed by atoms with Gasteiger partial charge in [0.15, 0.2) is 0 Å². The van der Waals surface area contributed by atoms with E-state index in [1.165, 1.54) is 6.92 Å². The molecule has 1 unspecified atom stereocenters. The molecule has 4 aliphatic carbocycles. The van der Waals surface area contributed by atoms with Crippen molar-refractivity contribution >= 4 is 17.9 Å². The summed E-state index contributed by atoms with van der Waals surface area (Å²) in [4.78, 5) is 37.5. The second-order valence-electron chi connectivity index (χ2n) is 9.54. The fraction of sp³-hybridized carbons (Fsp3) is 0.750. The zero-order chi connectivity index (χ0) is 20.8. The first-order chi connectivity index (χ1) is 12.9. The number of aliphatic hydroxyl groups is 2. The topological polar surface area (TPSA) is 152 Å². The molecule has 4 rings (SSSR count). The van der Waals surface area contributed by atoms with Crippen LogP contribution in [0.4, 0.5) is 0 Å². The van der Waals surface area contributed by atoms with Gasteiger partial charge in [0, 0.05) is 5.92 Å². The van der Waals surface area contributed by atoms with E-state index >= 15 is 0 Å². The molecule has 5 N–H and O–H groups in total. The van der Waals surface area contributed by atoms with Crippen molar-refractivity contribution in [3.63, 3.8) is 0 Å². The molecular formula is C20H26O8. The van der Waals surface area contributed by atoms with Crippen molar-refractivity contribution in [3.8, 4) is 0 Å². The van der Waals surface area contributed by atoms with Crippen molar-refractivity contribution in [2.45, 2.75) is 51.2 Å². The minimum Gasteiger partial charge on any atom is -0.481 e. The minimum absolute atomic E-state index is 0.107. The van der Waals surface area contributed by atoms with E-state index in [1.807, 2.05) is 0 Å². The lowest BCUT2D eigenvalue weighted by Crippen LogP contribution is -2.65. The Morgan fingerprint density at radius 3 is 2.21 bits per heavy atom. The van der Waals surface area contributed by atoms with Crippen LogP contribution in [0.2, 0.25) is 0 Å². The number of fused-ring (bicyclic) bond motifs is 3. The van der Waals surface area contributed by atoms with Gasteiger partial charge in [0.1, 0.15) is 0 Å². The fourth-order valence-electron chi connectivity index (χ4n) is 7.75. The number of rotatable bonds is 3. The summed E-state index contributed by atoms with van der Waals surface area (Å²) in [6.07, 6.45) is -1.68. The van der Waals surface area contributed by atoms with E-state index in [4.69, 9.17) is 0 Å². The Labute approximate surface area is 161 Å². The summed E-state index contributed by atoms with van der Waals surface area (Å²) in [7, 11) is 0. The lowest BCUT2D eigenvalue weighted by atomic mass is 9.50. The average molecular weight is 394 g/mol. The summed E-state index contributed by atoms with van der Waals surface area (Å²) in [6, 6.07) is 0. The van der Waals surface area contributed by atoms with E-state index in [9.17, 15) is 39.9 Å². The van der Waals surface area contributed by atoms with Gasteiger partial charge in [0.05, 0.1) is 29.0 Å². The van der Waals surface area contributed by atoms with Crippen LogP contribution in [0.1, 0.15) is 39.0 Å². The van der Waals surface area contributed by atoms with Crippen LogP contribution in [-0.4, -0.2) is 55.6 Å². The van der Waals surface area contributed by atoms with E-state index in [2.05, 4.69) is 6.58 Å². The Hall–Kier alpha value is -1.93. The number of hydrogen-bond donors (Lipinski definition) is 5. The maximum Gasteiger partial charge on any atom is 0.312 e. The standard InChI is InChI=1S/C20H26O8/c1-8-5-19-6-9(8)3-4-11(19)20(17(27)28)7-10(21)14(22)18(2,16(25)26)13(20)12(19)15(23)24/h9-14,21-22H,1,3-7H2,2H3,(H,23,24)(H,25,26)(H,27,28)/t9?,10-,11+,12+,13+,14-,18-,19-,20+/m0/s1. The molecule has 0 saturated heterocycles. The Morgan fingerprint density at radius 2 is 1.68 bits per heavy atom. The van der Waals surface area contributed by atoms with Crippen LogP contribution < -0.4 is 0 Å². The highest BCUT2D eigenvalue weighted by atomic mass is 16.4. The number of allylic oxidation sites excluding steroid dienone is 1. The molecule has 0 heterocycles. The van der Waals surface area contributed by atoms with E-state index in [0.29, 0.717) is 25.7 Å². The molecule has 8 heteroatoms. The van der Waals surface area contributed by atoms with Crippen molar-refractivity contribution in [1.82, 2.24) is 0 Å². The maximum atomic E-state index is 12.7. The highest BCUT2D eigenvalue weighted by Crippen LogP contribution is 2.77. The van der Waals surface area contributed by atoms with Gasteiger partial charge in [-0.2, -0.15) is 0 Å². The van der Waals surface area contributed by atoms with Gasteiger partial charge in [0.25, 0.3) is 0 Å². The summed E-state index contributed by atoms with van der Waals surface area (Å²) in [6.45, 7) is 5.27. The third-order valence-corrected chi connectivity index (χ3v) is 8.68. The van der Waals surface area contributed by atoms with Gasteiger partial charge in [-0.3, -0.25) is 14.4 Å². The number of carbonyl (C=O) groups is 3. The predicted octanol–water partition coefficient (Wildman–Crippen LogP) is 0.967. The number of aliphatic carboxylic acids is 3. The smallest absolute Gasteiger partial charge is 0.312 e. The van der Waals surface area contributed by atoms with E-state index in [-0.39, 0.29) is 12.3 Å². The molecule has 28 heavy (non-hydrogen) atoms. The van der Waals surface area contributed by atoms with Crippen molar-refractivity contribution < 1.29 is 39.9 Å². The number of carboxylic acid groups (broad SMARTS) is 3. The van der Waals surface area contributed by atoms with Crippen molar-refractivity contribution in [1.29, 1.82) is 0 Å². The first kappa shape index (κ1) is 19.4. The molecule has 9 atom stereocenters. The summed E-state index contributed by atoms with van der Waals surface area (Å²) in [5, 5.41) is 51.7. The molecule has 2 bridgehead atoms. The molecule has 0 amide bonds. The van der Waals surface area contributed by atoms with E-state index in [0.717, 1.165) is 5.57 Å². The van der Waals surface area contributed by atoms with Crippen molar-refractivity contribution in [2.75, 3.05) is 0 Å². The van der Waals surface area contributed by atoms with Gasteiger partial charge in [-0.05, 0) is 56.3 Å². The zero-order valence-corrected chi connectivity index (χ0v) is 15.7. The zero-order valence-electron chi connectivity index (χ0n) is 15.7. The van der Waals surface area contributed by atoms with Crippen LogP contribution in [0.5, 0.6) is 0 Å². The molecule has 0 radical (unpaired) electrons. The second-order valence-corrected chi connectivity index (χ2v) is 9.54. The molecular weight excluding hydrogens is 368 g/mol. The molecule has 0 aromatic heterocycles. The van der Waals surface area contributed by atoms with Crippen LogP contribution in [-0.2, 0) is 14.4 Å². The van der Waals surface area contributed by atoms with Crippen LogP contribution in [0.25, 0.3) is 0 Å². The molecule has 0 aromatic carbocycles. The molecule has 1 spiro atoms. The molecule has 8 nitrogen and oxygen atoms in total. The van der Waals surface area contributed by atoms with Crippen LogP contribution >= 0.6 is 0 Å². The van der Waals surface area contributed by atoms with E-state index in [1.54, 1.807) is 0 Å². The van der Waals surface area contributed by atoms with Crippen molar-refractivity contribution in [3.05, 3.63) is 12.2 Å². The highest BCUT2D eigenvalue weighted by molar-refractivity contribution is 5.86. The Bertz CT molecular complexity index is 791. The fourth-order valence-corrected chi connectivity index (χ4v) is 7.75. The van der Waals surface area contributed by atoms with Gasteiger partial charge < -0.3 is 25.5 Å². The first-order valence-electron chi connectivity index (χ1n) is 9.68. The third-order valence-electron chi connectivity index (χ3n) is 8.68. The summed E-state index contributed by atoms with van der Waals surface area (Å²) >= 11 is 0. The lowest BCUT2D eigenvalue weighted by Gasteiger charge is -2.53. The summed E-state index contributed by atoms with van der Waals surface area (Å²) in [5.41, 5.74) is -3.82. The molecule has 0 aromatic rings. The SMILES string of the molecule is C=C1C[C@]23CC1CC[C@H]2[C@]1(C(=O)O)C[C@H](O)[C@H](O)[C@@](C)(C(=O)O)[C@H]1[C@@H]3C(=O)O. The van der Waals surface area contributed by atoms with Crippen molar-refractivity contribution in [2.24, 2.45) is 39.9 Å². The number of aliphatic hydroxyl groups excluding tert-OH is 2. The Kier molecular flexibility index (Phi) is 3.86. The molecule has 154 valence electrons. The summed E-state index contributed by atoms with van der Waals surface area (Å²) < 4.78 is 0. The van der Waals surface area contributed by atoms with Gasteiger partial charge in [-0.1, -0.05) is 12.2 Å². The second kappa shape index (κ2) is 5.57. The van der Waals surface area contributed by atoms with Gasteiger partial charge >= 0.3 is 17.9 Å². The highest BCUT2D eigenvalue weighted by Gasteiger charge is 2.81. The van der Waals surface area contributed by atoms with E-state index < -0.39 is 64.1 Å². The average Bonchev–Trinajstić information content (AvgIpc) is 3.01. The molecule has 0 aliphatic heterocycles. The number of carboxylic acids is 3. The van der Waals surface area contributed by atoms with Crippen LogP contribution in [0.15, 0.2) is 12.2 Å². The molecule has 4 fully saturated rings. The normalized spacial score (nSPS) is 52.0. The Balaban J connectivity index is 2.04. The van der Waals surface area contributed by atoms with Crippen LogP contribution in [0, 0.1) is 39.9 Å². The quantitative estimate of drug-likeness (QED) is 0.444. The van der Waals surface area contributed by atoms with Gasteiger partial charge in [-0.15, -0.1) is 0 Å². The molecule has 4 aliphatic rings. The monoisotopic (exact) mass is 394 g/mol. The van der Waals surface area contributed by atoms with Gasteiger partial charge in [0.2, 0.25) is 0 Å². The van der Waals surface area contributed by atoms with Gasteiger partial charge in [-0.25, -0.2) is 0 Å². The third kappa shape index (κ3) is 1.90. The lowest BCUT2D eigenvalue weighted by molar-refractivity contribution is -0.211. The van der Waals surface area contributed by atoms with Crippen LogP contribution in [0.3, 0.4) is 0 Å². The molecule has 4 saturated carbocycles. The first-order valence-corrected chi connectivity index (χ1v) is 9.68. The predicted molar refractivity (Wildman–Crippen MR) is 94.1 cm³/mol. The summed E-state index contributed by atoms with van der Waals surface area (Å²) in [5.74, 6) is -7.04. The largest absolute Gasteiger partial charge is 0.481 e. The Morgan fingerprint density at radius 1 is 1.04 bits per heavy atom. The maximum absolute atomic E-state index is 12.7. The number of hydrogen-bond acceptors (Lipinski definition) is 5. The minimum atomic E-state index is -2.09.